The Balaban J connectivity index is 1.47. The number of halogens is 1. The standard InChI is InChI=1S/C19H21ClN4OS/c1-2-23(15-7-4-3-5-8-15)12-6-11-21-17(25)10-9-16-18(20)22-19-24(16)13-14-26-19/h3-5,7-10,13-14H,2,6,11-12H2,1H3,(H,21,25)/b10-9+. The van der Waals surface area contributed by atoms with Crippen molar-refractivity contribution in [1.82, 2.24) is 14.7 Å². The number of anilines is 1. The number of amides is 1. The van der Waals surface area contributed by atoms with Crippen molar-refractivity contribution in [3.05, 3.63) is 58.8 Å². The molecule has 3 aromatic rings. The number of nitrogens with zero attached hydrogens (tertiary/aromatic N) is 3. The molecule has 7 heteroatoms. The van der Waals surface area contributed by atoms with Gasteiger partial charge in [0.05, 0.1) is 5.69 Å². The maximum atomic E-state index is 12.0. The third-order valence-electron chi connectivity index (χ3n) is 4.05. The van der Waals surface area contributed by atoms with Gasteiger partial charge < -0.3 is 10.2 Å². The minimum absolute atomic E-state index is 0.131. The van der Waals surface area contributed by atoms with E-state index in [1.165, 1.54) is 23.1 Å². The number of carbonyl (C=O) groups excluding carboxylic acids is 1. The van der Waals surface area contributed by atoms with Gasteiger partial charge in [-0.25, -0.2) is 4.98 Å². The first-order chi connectivity index (χ1) is 12.7. The number of carbonyl (C=O) groups is 1. The van der Waals surface area contributed by atoms with E-state index in [1.54, 1.807) is 6.08 Å². The topological polar surface area (TPSA) is 49.6 Å². The van der Waals surface area contributed by atoms with Crippen LogP contribution in [0.3, 0.4) is 0 Å². The Labute approximate surface area is 161 Å². The van der Waals surface area contributed by atoms with Crippen LogP contribution >= 0.6 is 22.9 Å². The van der Waals surface area contributed by atoms with Crippen LogP contribution in [-0.2, 0) is 4.79 Å². The smallest absolute Gasteiger partial charge is 0.244 e. The molecule has 0 spiro atoms. The quantitative estimate of drug-likeness (QED) is 0.467. The highest BCUT2D eigenvalue weighted by molar-refractivity contribution is 7.15. The van der Waals surface area contributed by atoms with E-state index < -0.39 is 0 Å². The molecule has 0 aliphatic carbocycles. The van der Waals surface area contributed by atoms with Crippen molar-refractivity contribution >= 4 is 45.6 Å². The zero-order valence-corrected chi connectivity index (χ0v) is 16.1. The molecule has 2 aromatic heterocycles. The van der Waals surface area contributed by atoms with Crippen molar-refractivity contribution in [1.29, 1.82) is 0 Å². The predicted octanol–water partition coefficient (Wildman–Crippen LogP) is 4.10. The lowest BCUT2D eigenvalue weighted by molar-refractivity contribution is -0.116. The third-order valence-corrected chi connectivity index (χ3v) is 5.09. The zero-order valence-electron chi connectivity index (χ0n) is 14.6. The summed E-state index contributed by atoms with van der Waals surface area (Å²) >= 11 is 7.62. The second-order valence-electron chi connectivity index (χ2n) is 5.74. The highest BCUT2D eigenvalue weighted by Gasteiger charge is 2.08. The van der Waals surface area contributed by atoms with Crippen LogP contribution in [0.1, 0.15) is 19.0 Å². The van der Waals surface area contributed by atoms with E-state index in [9.17, 15) is 4.79 Å². The number of hydrogen-bond donors (Lipinski definition) is 1. The Morgan fingerprint density at radius 3 is 2.96 bits per heavy atom. The lowest BCUT2D eigenvalue weighted by atomic mass is 10.2. The molecule has 0 radical (unpaired) electrons. The fourth-order valence-corrected chi connectivity index (χ4v) is 3.73. The van der Waals surface area contributed by atoms with Gasteiger partial charge in [0.1, 0.15) is 0 Å². The van der Waals surface area contributed by atoms with Crippen LogP contribution in [0.25, 0.3) is 11.0 Å². The maximum Gasteiger partial charge on any atom is 0.244 e. The number of nitrogens with one attached hydrogen (secondary N) is 1. The summed E-state index contributed by atoms with van der Waals surface area (Å²) in [5, 5.41) is 5.25. The molecule has 0 bridgehead atoms. The lowest BCUT2D eigenvalue weighted by Crippen LogP contribution is -2.29. The van der Waals surface area contributed by atoms with Gasteiger partial charge in [-0.15, -0.1) is 11.3 Å². The Kier molecular flexibility index (Phi) is 6.30. The predicted molar refractivity (Wildman–Crippen MR) is 109 cm³/mol. The molecule has 1 N–H and O–H groups in total. The fraction of sp³-hybridized carbons (Fsp3) is 0.263. The second-order valence-corrected chi connectivity index (χ2v) is 6.97. The number of benzene rings is 1. The molecule has 2 heterocycles. The highest BCUT2D eigenvalue weighted by atomic mass is 35.5. The number of fused-ring (bicyclic) bond motifs is 1. The first-order valence-electron chi connectivity index (χ1n) is 8.56. The normalized spacial score (nSPS) is 11.3. The first kappa shape index (κ1) is 18.5. The Morgan fingerprint density at radius 1 is 1.38 bits per heavy atom. The molecule has 0 aliphatic heterocycles. The van der Waals surface area contributed by atoms with Crippen LogP contribution in [0.2, 0.25) is 5.15 Å². The summed E-state index contributed by atoms with van der Waals surface area (Å²) in [7, 11) is 0. The summed E-state index contributed by atoms with van der Waals surface area (Å²) in [6, 6.07) is 10.3. The van der Waals surface area contributed by atoms with E-state index in [1.807, 2.05) is 34.2 Å². The number of aromatic nitrogens is 2. The van der Waals surface area contributed by atoms with Gasteiger partial charge in [-0.3, -0.25) is 9.20 Å². The molecule has 0 unspecified atom stereocenters. The van der Waals surface area contributed by atoms with Gasteiger partial charge in [0.25, 0.3) is 0 Å². The molecule has 0 saturated heterocycles. The number of thiazole rings is 1. The van der Waals surface area contributed by atoms with E-state index in [-0.39, 0.29) is 5.91 Å². The third kappa shape index (κ3) is 4.45. The Morgan fingerprint density at radius 2 is 2.19 bits per heavy atom. The van der Waals surface area contributed by atoms with Crippen molar-refractivity contribution < 1.29 is 4.79 Å². The van der Waals surface area contributed by atoms with Crippen molar-refractivity contribution in [3.63, 3.8) is 0 Å². The molecular weight excluding hydrogens is 368 g/mol. The number of para-hydroxylation sites is 1. The first-order valence-corrected chi connectivity index (χ1v) is 9.81. The monoisotopic (exact) mass is 388 g/mol. The van der Waals surface area contributed by atoms with E-state index in [0.717, 1.165) is 30.2 Å². The number of rotatable bonds is 8. The second kappa shape index (κ2) is 8.87. The molecule has 0 aliphatic rings. The van der Waals surface area contributed by atoms with Crippen LogP contribution in [0.5, 0.6) is 0 Å². The van der Waals surface area contributed by atoms with Crippen molar-refractivity contribution in [2.24, 2.45) is 0 Å². The van der Waals surface area contributed by atoms with Crippen LogP contribution in [-0.4, -0.2) is 34.9 Å². The molecule has 0 atom stereocenters. The SMILES string of the molecule is CCN(CCCNC(=O)/C=C/c1c(Cl)nc2sccn12)c1ccccc1. The van der Waals surface area contributed by atoms with Gasteiger partial charge in [0.2, 0.25) is 5.91 Å². The minimum atomic E-state index is -0.131. The van der Waals surface area contributed by atoms with Crippen molar-refractivity contribution in [2.45, 2.75) is 13.3 Å². The summed E-state index contributed by atoms with van der Waals surface area (Å²) in [5.41, 5.74) is 1.93. The summed E-state index contributed by atoms with van der Waals surface area (Å²) in [6.07, 6.45) is 5.97. The molecule has 1 aromatic carbocycles. The molecular formula is C19H21ClN4OS. The summed E-state index contributed by atoms with van der Waals surface area (Å²) < 4.78 is 1.87. The van der Waals surface area contributed by atoms with Gasteiger partial charge in [-0.1, -0.05) is 29.8 Å². The summed E-state index contributed by atoms with van der Waals surface area (Å²) in [4.78, 5) is 19.4. The Bertz CT molecular complexity index is 887. The molecule has 0 saturated carbocycles. The van der Waals surface area contributed by atoms with Gasteiger partial charge in [0.15, 0.2) is 10.1 Å². The molecule has 136 valence electrons. The van der Waals surface area contributed by atoms with Crippen LogP contribution in [0, 0.1) is 0 Å². The molecule has 1 amide bonds. The molecule has 0 fully saturated rings. The summed E-state index contributed by atoms with van der Waals surface area (Å²) in [5.74, 6) is -0.131. The average Bonchev–Trinajstić information content (AvgIpc) is 3.21. The van der Waals surface area contributed by atoms with Gasteiger partial charge in [-0.2, -0.15) is 0 Å². The van der Waals surface area contributed by atoms with Crippen molar-refractivity contribution in [2.75, 3.05) is 24.5 Å². The number of hydrogen-bond acceptors (Lipinski definition) is 4. The molecule has 3 rings (SSSR count). The van der Waals surface area contributed by atoms with Crippen LogP contribution < -0.4 is 10.2 Å². The lowest BCUT2D eigenvalue weighted by Gasteiger charge is -2.23. The van der Waals surface area contributed by atoms with E-state index in [0.29, 0.717) is 11.7 Å². The molecule has 5 nitrogen and oxygen atoms in total. The van der Waals surface area contributed by atoms with Crippen LogP contribution in [0.4, 0.5) is 5.69 Å². The number of imidazole rings is 1. The fourth-order valence-electron chi connectivity index (χ4n) is 2.73. The maximum absolute atomic E-state index is 12.0. The van der Waals surface area contributed by atoms with E-state index in [4.69, 9.17) is 11.6 Å². The highest BCUT2D eigenvalue weighted by Crippen LogP contribution is 2.22. The average molecular weight is 389 g/mol. The zero-order chi connectivity index (χ0) is 18.4. The van der Waals surface area contributed by atoms with Crippen LogP contribution in [0.15, 0.2) is 48.0 Å². The van der Waals surface area contributed by atoms with Gasteiger partial charge in [-0.05, 0) is 31.6 Å². The van der Waals surface area contributed by atoms with Gasteiger partial charge in [0, 0.05) is 43.0 Å². The van der Waals surface area contributed by atoms with E-state index >= 15 is 0 Å². The minimum Gasteiger partial charge on any atom is -0.372 e. The summed E-state index contributed by atoms with van der Waals surface area (Å²) in [6.45, 7) is 4.60. The van der Waals surface area contributed by atoms with Gasteiger partial charge >= 0.3 is 0 Å². The van der Waals surface area contributed by atoms with E-state index in [2.05, 4.69) is 34.3 Å². The van der Waals surface area contributed by atoms with Crippen molar-refractivity contribution in [3.8, 4) is 0 Å². The largest absolute Gasteiger partial charge is 0.372 e. The Hall–Kier alpha value is -2.31. The molecule has 26 heavy (non-hydrogen) atoms.